The van der Waals surface area contributed by atoms with Gasteiger partial charge in [-0.25, -0.2) is 4.98 Å². The topological polar surface area (TPSA) is 81.7 Å². The monoisotopic (exact) mass is 440 g/mol. The van der Waals surface area contributed by atoms with Crippen LogP contribution in [-0.2, 0) is 6.54 Å². The van der Waals surface area contributed by atoms with Gasteiger partial charge >= 0.3 is 0 Å². The van der Waals surface area contributed by atoms with Crippen molar-refractivity contribution in [3.8, 4) is 16.3 Å². The maximum absolute atomic E-state index is 12.1. The lowest BCUT2D eigenvalue weighted by Gasteiger charge is -2.16. The summed E-state index contributed by atoms with van der Waals surface area (Å²) in [5, 5.41) is 3.76. The van der Waals surface area contributed by atoms with Crippen molar-refractivity contribution in [3.05, 3.63) is 75.9 Å². The van der Waals surface area contributed by atoms with Crippen molar-refractivity contribution in [3.63, 3.8) is 0 Å². The van der Waals surface area contributed by atoms with E-state index in [9.17, 15) is 4.79 Å². The zero-order valence-electron chi connectivity index (χ0n) is 16.6. The Labute approximate surface area is 183 Å². The molecule has 0 aliphatic heterocycles. The molecule has 0 saturated heterocycles. The standard InChI is InChI=1S/C22H21ClN4O2S/c1-13(15-5-3-4-6-16(15)23)29-18-9-19(30-21(18)22(24)28)17-11-26-20-8-7-14(10-25-2)12-27(17)20/h3-9,11-13,25H,10H2,1-2H3,(H2,24,28). The summed E-state index contributed by atoms with van der Waals surface area (Å²) in [7, 11) is 1.90. The van der Waals surface area contributed by atoms with E-state index in [4.69, 9.17) is 22.1 Å². The zero-order valence-corrected chi connectivity index (χ0v) is 18.1. The van der Waals surface area contributed by atoms with Gasteiger partial charge in [0.15, 0.2) is 0 Å². The van der Waals surface area contributed by atoms with Crippen molar-refractivity contribution in [2.75, 3.05) is 7.05 Å². The summed E-state index contributed by atoms with van der Waals surface area (Å²) in [4.78, 5) is 17.8. The number of nitrogens with zero attached hydrogens (tertiary/aromatic N) is 2. The van der Waals surface area contributed by atoms with E-state index in [1.165, 1.54) is 11.3 Å². The molecule has 1 aromatic carbocycles. The fraction of sp³-hybridized carbons (Fsp3) is 0.182. The average Bonchev–Trinajstić information content (AvgIpc) is 3.32. The van der Waals surface area contributed by atoms with Gasteiger partial charge in [-0.15, -0.1) is 11.3 Å². The van der Waals surface area contributed by atoms with Crippen LogP contribution < -0.4 is 15.8 Å². The molecule has 6 nitrogen and oxygen atoms in total. The van der Waals surface area contributed by atoms with Gasteiger partial charge in [0.1, 0.15) is 22.4 Å². The van der Waals surface area contributed by atoms with Gasteiger partial charge in [-0.1, -0.05) is 35.9 Å². The van der Waals surface area contributed by atoms with Gasteiger partial charge < -0.3 is 15.8 Å². The molecule has 0 fully saturated rings. The first kappa shape index (κ1) is 20.4. The fourth-order valence-electron chi connectivity index (χ4n) is 3.33. The number of imidazole rings is 1. The lowest BCUT2D eigenvalue weighted by atomic mass is 10.1. The van der Waals surface area contributed by atoms with Crippen molar-refractivity contribution < 1.29 is 9.53 Å². The number of pyridine rings is 1. The fourth-order valence-corrected chi connectivity index (χ4v) is 4.57. The lowest BCUT2D eigenvalue weighted by molar-refractivity contribution is 0.0998. The Hall–Kier alpha value is -2.87. The van der Waals surface area contributed by atoms with Gasteiger partial charge in [0, 0.05) is 29.4 Å². The SMILES string of the molecule is CNCc1ccc2ncc(-c3cc(OC(C)c4ccccc4Cl)c(C(N)=O)s3)n2c1. The van der Waals surface area contributed by atoms with Crippen LogP contribution in [0.3, 0.4) is 0 Å². The average molecular weight is 441 g/mol. The second-order valence-electron chi connectivity index (χ2n) is 6.89. The molecule has 0 aliphatic carbocycles. The zero-order chi connectivity index (χ0) is 21.3. The molecule has 0 saturated carbocycles. The predicted molar refractivity (Wildman–Crippen MR) is 120 cm³/mol. The number of nitrogens with two attached hydrogens (primary N) is 1. The predicted octanol–water partition coefficient (Wildman–Crippen LogP) is 4.67. The van der Waals surface area contributed by atoms with Crippen LogP contribution in [0.15, 0.2) is 54.9 Å². The van der Waals surface area contributed by atoms with Crippen LogP contribution >= 0.6 is 22.9 Å². The molecule has 154 valence electrons. The van der Waals surface area contributed by atoms with Crippen LogP contribution in [-0.4, -0.2) is 22.3 Å². The van der Waals surface area contributed by atoms with Gasteiger partial charge in [-0.3, -0.25) is 9.20 Å². The van der Waals surface area contributed by atoms with Crippen LogP contribution in [0.1, 0.15) is 33.8 Å². The van der Waals surface area contributed by atoms with Crippen molar-refractivity contribution in [1.29, 1.82) is 0 Å². The molecule has 3 aromatic heterocycles. The molecular formula is C22H21ClN4O2S. The molecule has 1 amide bonds. The summed E-state index contributed by atoms with van der Waals surface area (Å²) >= 11 is 7.59. The molecule has 8 heteroatoms. The molecule has 3 N–H and O–H groups in total. The Morgan fingerprint density at radius 3 is 2.87 bits per heavy atom. The third-order valence-corrected chi connectivity index (χ3v) is 6.27. The van der Waals surface area contributed by atoms with E-state index in [0.717, 1.165) is 33.9 Å². The summed E-state index contributed by atoms with van der Waals surface area (Å²) in [6, 6.07) is 13.3. The minimum absolute atomic E-state index is 0.344. The number of nitrogens with one attached hydrogen (secondary N) is 1. The Kier molecular flexibility index (Phi) is 5.76. The first-order chi connectivity index (χ1) is 14.5. The maximum Gasteiger partial charge on any atom is 0.262 e. The molecule has 30 heavy (non-hydrogen) atoms. The van der Waals surface area contributed by atoms with E-state index in [1.54, 1.807) is 6.20 Å². The number of aromatic nitrogens is 2. The van der Waals surface area contributed by atoms with Crippen LogP contribution in [0.25, 0.3) is 16.2 Å². The van der Waals surface area contributed by atoms with E-state index < -0.39 is 5.91 Å². The third-order valence-electron chi connectivity index (χ3n) is 4.77. The normalized spacial score (nSPS) is 12.2. The first-order valence-electron chi connectivity index (χ1n) is 9.43. The number of rotatable bonds is 7. The second kappa shape index (κ2) is 8.47. The van der Waals surface area contributed by atoms with E-state index in [2.05, 4.69) is 10.3 Å². The number of hydrogen-bond acceptors (Lipinski definition) is 5. The van der Waals surface area contributed by atoms with Crippen LogP contribution in [0, 0.1) is 0 Å². The second-order valence-corrected chi connectivity index (χ2v) is 8.35. The highest BCUT2D eigenvalue weighted by atomic mass is 35.5. The quantitative estimate of drug-likeness (QED) is 0.437. The van der Waals surface area contributed by atoms with Gasteiger partial charge in [-0.05, 0) is 31.7 Å². The van der Waals surface area contributed by atoms with E-state index in [1.807, 2.05) is 67.0 Å². The number of carbonyl (C=O) groups excluding carboxylic acids is 1. The molecule has 0 spiro atoms. The van der Waals surface area contributed by atoms with Crippen molar-refractivity contribution in [2.24, 2.45) is 5.73 Å². The number of carbonyl (C=O) groups is 1. The molecule has 4 rings (SSSR count). The number of fused-ring (bicyclic) bond motifs is 1. The molecule has 4 aromatic rings. The lowest BCUT2D eigenvalue weighted by Crippen LogP contribution is -2.12. The van der Waals surface area contributed by atoms with Crippen molar-refractivity contribution in [2.45, 2.75) is 19.6 Å². The largest absolute Gasteiger partial charge is 0.484 e. The van der Waals surface area contributed by atoms with Gasteiger partial charge in [0.05, 0.1) is 16.8 Å². The highest BCUT2D eigenvalue weighted by molar-refractivity contribution is 7.17. The van der Waals surface area contributed by atoms with Crippen LogP contribution in [0.4, 0.5) is 0 Å². The molecule has 3 heterocycles. The highest BCUT2D eigenvalue weighted by Crippen LogP contribution is 2.39. The van der Waals surface area contributed by atoms with Crippen LogP contribution in [0.5, 0.6) is 5.75 Å². The molecule has 0 bridgehead atoms. The minimum atomic E-state index is -0.530. The summed E-state index contributed by atoms with van der Waals surface area (Å²) in [5.41, 5.74) is 9.30. The number of thiophene rings is 1. The Morgan fingerprint density at radius 2 is 2.13 bits per heavy atom. The number of amides is 1. The number of primary amides is 1. The van der Waals surface area contributed by atoms with Crippen molar-refractivity contribution >= 4 is 34.5 Å². The van der Waals surface area contributed by atoms with Crippen molar-refractivity contribution in [1.82, 2.24) is 14.7 Å². The third kappa shape index (κ3) is 3.92. The summed E-state index contributed by atoms with van der Waals surface area (Å²) in [6.45, 7) is 2.63. The van der Waals surface area contributed by atoms with Crippen LogP contribution in [0.2, 0.25) is 5.02 Å². The molecule has 1 atom stereocenters. The Bertz CT molecular complexity index is 1220. The molecular weight excluding hydrogens is 420 g/mol. The highest BCUT2D eigenvalue weighted by Gasteiger charge is 2.21. The smallest absolute Gasteiger partial charge is 0.262 e. The Balaban J connectivity index is 1.73. The number of halogens is 1. The van der Waals surface area contributed by atoms with E-state index in [-0.39, 0.29) is 6.10 Å². The molecule has 0 aliphatic rings. The maximum atomic E-state index is 12.1. The van der Waals surface area contributed by atoms with E-state index in [0.29, 0.717) is 15.6 Å². The summed E-state index contributed by atoms with van der Waals surface area (Å²) in [5.74, 6) is -0.0893. The molecule has 1 unspecified atom stereocenters. The molecule has 0 radical (unpaired) electrons. The van der Waals surface area contributed by atoms with Gasteiger partial charge in [-0.2, -0.15) is 0 Å². The van der Waals surface area contributed by atoms with Gasteiger partial charge in [0.25, 0.3) is 5.91 Å². The number of benzene rings is 1. The summed E-state index contributed by atoms with van der Waals surface area (Å²) in [6.07, 6.45) is 3.48. The number of ether oxygens (including phenoxy) is 1. The summed E-state index contributed by atoms with van der Waals surface area (Å²) < 4.78 is 8.12. The minimum Gasteiger partial charge on any atom is -0.484 e. The number of hydrogen-bond donors (Lipinski definition) is 2. The first-order valence-corrected chi connectivity index (χ1v) is 10.6. The Morgan fingerprint density at radius 1 is 1.33 bits per heavy atom. The van der Waals surface area contributed by atoms with Gasteiger partial charge in [0.2, 0.25) is 0 Å². The van der Waals surface area contributed by atoms with E-state index >= 15 is 0 Å².